The van der Waals surface area contributed by atoms with Crippen molar-refractivity contribution >= 4 is 20.9 Å². The molecule has 0 saturated carbocycles. The summed E-state index contributed by atoms with van der Waals surface area (Å²) in [6.45, 7) is 0. The fraction of sp³-hybridized carbons (Fsp3) is 0. The first-order chi connectivity index (χ1) is 20.6. The predicted molar refractivity (Wildman–Crippen MR) is 162 cm³/mol. The van der Waals surface area contributed by atoms with Gasteiger partial charge in [-0.3, -0.25) is 4.57 Å². The first kappa shape index (κ1) is 24.3. The van der Waals surface area contributed by atoms with E-state index in [9.17, 15) is 8.42 Å². The summed E-state index contributed by atoms with van der Waals surface area (Å²) in [4.78, 5) is 19.7. The summed E-state index contributed by atoms with van der Waals surface area (Å²) in [6, 6.07) is 39.7. The van der Waals surface area contributed by atoms with Gasteiger partial charge in [0.15, 0.2) is 17.5 Å². The highest BCUT2D eigenvalue weighted by atomic mass is 32.2. The van der Waals surface area contributed by atoms with Gasteiger partial charge >= 0.3 is 0 Å². The van der Waals surface area contributed by atoms with Crippen LogP contribution in [0.3, 0.4) is 0 Å². The van der Waals surface area contributed by atoms with Crippen molar-refractivity contribution in [1.29, 1.82) is 0 Å². The van der Waals surface area contributed by atoms with Crippen LogP contribution in [0.4, 0.5) is 0 Å². The molecule has 200 valence electrons. The molecule has 8 heteroatoms. The van der Waals surface area contributed by atoms with Crippen molar-refractivity contribution in [3.63, 3.8) is 0 Å². The molecular formula is C34H21N5O2S. The van der Waals surface area contributed by atoms with E-state index in [4.69, 9.17) is 19.9 Å². The van der Waals surface area contributed by atoms with E-state index in [2.05, 4.69) is 0 Å². The van der Waals surface area contributed by atoms with Gasteiger partial charge in [0.1, 0.15) is 10.7 Å². The Morgan fingerprint density at radius 3 is 1.67 bits per heavy atom. The maximum Gasteiger partial charge on any atom is 0.211 e. The number of hydrogen-bond acceptors (Lipinski definition) is 6. The number of aromatic nitrogens is 5. The van der Waals surface area contributed by atoms with Gasteiger partial charge in [0.2, 0.25) is 9.84 Å². The molecule has 0 aliphatic carbocycles. The molecule has 0 atom stereocenters. The largest absolute Gasteiger partial charge is 0.290 e. The van der Waals surface area contributed by atoms with Crippen molar-refractivity contribution in [2.45, 2.75) is 9.79 Å². The van der Waals surface area contributed by atoms with Gasteiger partial charge in [-0.1, -0.05) is 103 Å². The molecule has 0 amide bonds. The molecule has 0 unspecified atom stereocenters. The third kappa shape index (κ3) is 3.69. The highest BCUT2D eigenvalue weighted by Gasteiger charge is 2.36. The number of nitrogens with zero attached hydrogens (tertiary/aromatic N) is 5. The van der Waals surface area contributed by atoms with Crippen molar-refractivity contribution in [2.24, 2.45) is 0 Å². The molecule has 0 radical (unpaired) electrons. The SMILES string of the molecule is O=S1(=O)c2c(-c3nc(-c4ccccc4)nc(-c4ccccc4)n3)cccc2-n2c(-c3ccccc3)nc3cccc1c32. The topological polar surface area (TPSA) is 90.6 Å². The second kappa shape index (κ2) is 9.29. The summed E-state index contributed by atoms with van der Waals surface area (Å²) in [5.74, 6) is 1.86. The summed E-state index contributed by atoms with van der Waals surface area (Å²) in [5, 5.41) is 0. The number of rotatable bonds is 4. The van der Waals surface area contributed by atoms with E-state index in [0.29, 0.717) is 39.8 Å². The number of benzene rings is 5. The van der Waals surface area contributed by atoms with Gasteiger partial charge < -0.3 is 0 Å². The Morgan fingerprint density at radius 1 is 0.500 bits per heavy atom. The highest BCUT2D eigenvalue weighted by Crippen LogP contribution is 2.45. The molecule has 2 aromatic heterocycles. The van der Waals surface area contributed by atoms with Crippen LogP contribution < -0.4 is 0 Å². The lowest BCUT2D eigenvalue weighted by Gasteiger charge is -2.23. The maximum atomic E-state index is 14.4. The standard InChI is InChI=1S/C34H21N5O2S/c40-42(41)28-21-11-19-26-29(28)39(34(35-26)24-16-8-3-9-17-24)27-20-10-18-25(30(27)42)33-37-31(22-12-4-1-5-13-22)36-32(38-33)23-14-6-2-7-15-23/h1-21H. The highest BCUT2D eigenvalue weighted by molar-refractivity contribution is 7.92. The van der Waals surface area contributed by atoms with Crippen LogP contribution in [0.5, 0.6) is 0 Å². The third-order valence-corrected chi connectivity index (χ3v) is 9.28. The minimum absolute atomic E-state index is 0.143. The monoisotopic (exact) mass is 563 g/mol. The average Bonchev–Trinajstić information content (AvgIpc) is 3.45. The second-order valence-electron chi connectivity index (χ2n) is 9.96. The molecule has 0 spiro atoms. The fourth-order valence-electron chi connectivity index (χ4n) is 5.53. The number of para-hydroxylation sites is 1. The quantitative estimate of drug-likeness (QED) is 0.228. The summed E-state index contributed by atoms with van der Waals surface area (Å²) in [6.07, 6.45) is 0. The van der Waals surface area contributed by atoms with Crippen LogP contribution in [0.2, 0.25) is 0 Å². The Bertz CT molecular complexity index is 2190. The molecular weight excluding hydrogens is 542 g/mol. The van der Waals surface area contributed by atoms with Crippen LogP contribution in [-0.2, 0) is 9.84 Å². The molecule has 42 heavy (non-hydrogen) atoms. The summed E-state index contributed by atoms with van der Waals surface area (Å²) in [7, 11) is -3.97. The Morgan fingerprint density at radius 2 is 1.05 bits per heavy atom. The van der Waals surface area contributed by atoms with E-state index in [1.807, 2.05) is 114 Å². The van der Waals surface area contributed by atoms with Gasteiger partial charge in [0.25, 0.3) is 0 Å². The van der Waals surface area contributed by atoms with E-state index in [1.54, 1.807) is 18.2 Å². The van der Waals surface area contributed by atoms with E-state index < -0.39 is 9.84 Å². The molecule has 0 N–H and O–H groups in total. The van der Waals surface area contributed by atoms with Crippen LogP contribution in [0, 0.1) is 0 Å². The second-order valence-corrected chi connectivity index (χ2v) is 11.8. The minimum Gasteiger partial charge on any atom is -0.290 e. The molecule has 1 aliphatic heterocycles. The molecule has 7 aromatic rings. The van der Waals surface area contributed by atoms with Gasteiger partial charge in [-0.25, -0.2) is 28.4 Å². The van der Waals surface area contributed by atoms with Gasteiger partial charge in [-0.05, 0) is 24.3 Å². The lowest BCUT2D eigenvalue weighted by Crippen LogP contribution is -2.17. The summed E-state index contributed by atoms with van der Waals surface area (Å²) >= 11 is 0. The van der Waals surface area contributed by atoms with Gasteiger partial charge in [0, 0.05) is 22.3 Å². The molecule has 0 saturated heterocycles. The molecule has 8 rings (SSSR count). The van der Waals surface area contributed by atoms with Crippen molar-refractivity contribution in [3.8, 4) is 51.2 Å². The summed E-state index contributed by atoms with van der Waals surface area (Å²) < 4.78 is 30.8. The first-order valence-electron chi connectivity index (χ1n) is 13.4. The van der Waals surface area contributed by atoms with Crippen LogP contribution in [0.1, 0.15) is 0 Å². The zero-order valence-corrected chi connectivity index (χ0v) is 22.9. The predicted octanol–water partition coefficient (Wildman–Crippen LogP) is 7.02. The average molecular weight is 564 g/mol. The summed E-state index contributed by atoms with van der Waals surface area (Å²) in [5.41, 5.74) is 4.58. The molecule has 1 aliphatic rings. The molecule has 5 aromatic carbocycles. The van der Waals surface area contributed by atoms with E-state index in [0.717, 1.165) is 16.7 Å². The molecule has 0 bridgehead atoms. The van der Waals surface area contributed by atoms with Crippen LogP contribution >= 0.6 is 0 Å². The van der Waals surface area contributed by atoms with Crippen molar-refractivity contribution in [2.75, 3.05) is 0 Å². The zero-order chi connectivity index (χ0) is 28.3. The minimum atomic E-state index is -3.97. The number of hydrogen-bond donors (Lipinski definition) is 0. The van der Waals surface area contributed by atoms with Gasteiger partial charge in [-0.15, -0.1) is 0 Å². The van der Waals surface area contributed by atoms with Crippen LogP contribution in [0.25, 0.3) is 62.3 Å². The molecule has 3 heterocycles. The smallest absolute Gasteiger partial charge is 0.211 e. The number of sulfone groups is 1. The first-order valence-corrected chi connectivity index (χ1v) is 14.9. The fourth-order valence-corrected chi connectivity index (χ4v) is 7.34. The van der Waals surface area contributed by atoms with Crippen LogP contribution in [-0.4, -0.2) is 32.9 Å². The lowest BCUT2D eigenvalue weighted by molar-refractivity contribution is 0.595. The number of imidazole rings is 1. The van der Waals surface area contributed by atoms with Crippen molar-refractivity contribution < 1.29 is 8.42 Å². The number of fused-ring (bicyclic) bond motifs is 2. The normalized spacial score (nSPS) is 13.1. The van der Waals surface area contributed by atoms with Crippen molar-refractivity contribution in [1.82, 2.24) is 24.5 Å². The third-order valence-electron chi connectivity index (χ3n) is 7.41. The zero-order valence-electron chi connectivity index (χ0n) is 22.1. The Labute approximate surface area is 241 Å². The van der Waals surface area contributed by atoms with Gasteiger partial charge in [-0.2, -0.15) is 0 Å². The van der Waals surface area contributed by atoms with Crippen molar-refractivity contribution in [3.05, 3.63) is 127 Å². The maximum absolute atomic E-state index is 14.4. The molecule has 0 fully saturated rings. The lowest BCUT2D eigenvalue weighted by atomic mass is 10.1. The van der Waals surface area contributed by atoms with Gasteiger partial charge in [0.05, 0.1) is 21.6 Å². The Balaban J connectivity index is 1.45. The molecule has 7 nitrogen and oxygen atoms in total. The van der Waals surface area contributed by atoms with E-state index in [1.165, 1.54) is 0 Å². The Kier molecular flexibility index (Phi) is 5.38. The van der Waals surface area contributed by atoms with E-state index in [-0.39, 0.29) is 15.6 Å². The van der Waals surface area contributed by atoms with Crippen LogP contribution in [0.15, 0.2) is 137 Å². The Hall–Kier alpha value is -5.47. The van der Waals surface area contributed by atoms with E-state index >= 15 is 0 Å².